The van der Waals surface area contributed by atoms with Crippen molar-refractivity contribution in [1.82, 2.24) is 4.57 Å². The topological polar surface area (TPSA) is 132 Å². The fourth-order valence-electron chi connectivity index (χ4n) is 4.77. The summed E-state index contributed by atoms with van der Waals surface area (Å²) in [7, 11) is 3.06. The van der Waals surface area contributed by atoms with Gasteiger partial charge in [0.25, 0.3) is 5.56 Å². The number of furan rings is 1. The third-order valence-corrected chi connectivity index (χ3v) is 7.82. The second-order valence-corrected chi connectivity index (χ2v) is 10.3. The number of methoxy groups -OCH3 is 2. The fourth-order valence-corrected chi connectivity index (χ4v) is 5.80. The molecule has 0 saturated carbocycles. The minimum atomic E-state index is -0.862. The van der Waals surface area contributed by atoms with Gasteiger partial charge in [0, 0.05) is 28.8 Å². The van der Waals surface area contributed by atoms with E-state index in [1.165, 1.54) is 23.0 Å². The number of allylic oxidation sites excluding steroid dienone is 1. The molecule has 1 aliphatic heterocycles. The first kappa shape index (κ1) is 28.1. The lowest BCUT2D eigenvalue weighted by Crippen LogP contribution is -2.70. The monoisotopic (exact) mass is 575 g/mol. The summed E-state index contributed by atoms with van der Waals surface area (Å²) in [4.78, 5) is 32.2. The van der Waals surface area contributed by atoms with Gasteiger partial charge in [-0.15, -0.1) is 0 Å². The van der Waals surface area contributed by atoms with Crippen molar-refractivity contribution in [1.29, 1.82) is 0 Å². The van der Waals surface area contributed by atoms with E-state index in [1.807, 2.05) is 19.1 Å². The van der Waals surface area contributed by atoms with Crippen molar-refractivity contribution < 1.29 is 28.9 Å². The molecule has 0 spiro atoms. The van der Waals surface area contributed by atoms with Crippen molar-refractivity contribution in [3.05, 3.63) is 102 Å². The first-order valence-corrected chi connectivity index (χ1v) is 13.7. The van der Waals surface area contributed by atoms with E-state index >= 15 is 0 Å². The Bertz CT molecular complexity index is 1850. The summed E-state index contributed by atoms with van der Waals surface area (Å²) in [5.41, 5.74) is 3.89. The second kappa shape index (κ2) is 11.6. The molecule has 2 N–H and O–H groups in total. The minimum absolute atomic E-state index is 0.165. The van der Waals surface area contributed by atoms with E-state index in [2.05, 4.69) is 4.99 Å². The zero-order valence-electron chi connectivity index (χ0n) is 23.2. The molecule has 5 rings (SSSR count). The lowest BCUT2D eigenvalue weighted by atomic mass is 9.95. The van der Waals surface area contributed by atoms with Crippen LogP contribution >= 0.6 is 11.3 Å². The van der Waals surface area contributed by atoms with E-state index in [9.17, 15) is 14.8 Å². The van der Waals surface area contributed by atoms with Gasteiger partial charge in [-0.3, -0.25) is 9.36 Å². The van der Waals surface area contributed by atoms with Gasteiger partial charge in [0.05, 0.1) is 36.6 Å². The quantitative estimate of drug-likeness (QED) is 0.194. The first-order valence-electron chi connectivity index (χ1n) is 12.9. The van der Waals surface area contributed by atoms with Gasteiger partial charge in [0.1, 0.15) is 34.7 Å². The number of carbonyl (C=O) groups is 1. The molecule has 4 aromatic rings. The largest absolute Gasteiger partial charge is 0.630 e. The Labute approximate surface area is 239 Å². The molecule has 1 atom stereocenters. The number of fused-ring (bicyclic) bond motifs is 1. The molecule has 2 aromatic carbocycles. The number of aryl methyl sites for hydroxylation is 1. The van der Waals surface area contributed by atoms with Crippen LogP contribution in [0.2, 0.25) is 0 Å². The summed E-state index contributed by atoms with van der Waals surface area (Å²) < 4.78 is 24.3. The Morgan fingerprint density at radius 2 is 1.95 bits per heavy atom. The molecular weight excluding hydrogens is 546 g/mol. The standard InChI is InChI=1S/C30H29N3O7S/c1-6-39-29(35)26-17(3)31-30-33(27(26)21-14-19(37-4)9-12-24(21)38-5)28(34)25(41-30)15-20-10-11-23(40-20)18-8-7-16(2)22(13-18)32-36/h7-15,27H,6,32H2,1-5H3/b25-15-. The number of nitrogens with two attached hydrogens (primary N) is 1. The predicted octanol–water partition coefficient (Wildman–Crippen LogP) is 3.08. The third kappa shape index (κ3) is 5.22. The molecule has 11 heteroatoms. The lowest BCUT2D eigenvalue weighted by molar-refractivity contribution is -0.497. The van der Waals surface area contributed by atoms with Crippen molar-refractivity contribution in [2.75, 3.05) is 20.8 Å². The summed E-state index contributed by atoms with van der Waals surface area (Å²) >= 11 is 1.19. The van der Waals surface area contributed by atoms with Crippen LogP contribution in [0.1, 0.15) is 36.8 Å². The van der Waals surface area contributed by atoms with Gasteiger partial charge in [-0.05, 0) is 51.1 Å². The van der Waals surface area contributed by atoms with Crippen LogP contribution < -0.4 is 29.8 Å². The smallest absolute Gasteiger partial charge is 0.338 e. The van der Waals surface area contributed by atoms with Crippen molar-refractivity contribution in [2.45, 2.75) is 26.8 Å². The normalized spacial score (nSPS) is 15.0. The number of rotatable bonds is 8. The van der Waals surface area contributed by atoms with E-state index < -0.39 is 12.0 Å². The van der Waals surface area contributed by atoms with E-state index in [1.54, 1.807) is 63.4 Å². The van der Waals surface area contributed by atoms with Crippen molar-refractivity contribution in [2.24, 2.45) is 4.99 Å². The van der Waals surface area contributed by atoms with Gasteiger partial charge in [-0.25, -0.2) is 9.79 Å². The highest BCUT2D eigenvalue weighted by Crippen LogP contribution is 2.38. The number of nitrogens with zero attached hydrogens (tertiary/aromatic N) is 2. The number of esters is 1. The Morgan fingerprint density at radius 1 is 1.15 bits per heavy atom. The van der Waals surface area contributed by atoms with E-state index in [-0.39, 0.29) is 17.7 Å². The van der Waals surface area contributed by atoms with E-state index in [4.69, 9.17) is 18.6 Å². The predicted molar refractivity (Wildman–Crippen MR) is 154 cm³/mol. The van der Waals surface area contributed by atoms with Crippen LogP contribution in [0.3, 0.4) is 0 Å². The molecule has 3 heterocycles. The van der Waals surface area contributed by atoms with Crippen LogP contribution in [-0.2, 0) is 9.53 Å². The van der Waals surface area contributed by atoms with E-state index in [0.29, 0.717) is 49.3 Å². The van der Waals surface area contributed by atoms with Crippen LogP contribution in [0, 0.1) is 12.1 Å². The molecule has 0 amide bonds. The summed E-state index contributed by atoms with van der Waals surface area (Å²) in [6.45, 7) is 5.47. The van der Waals surface area contributed by atoms with Gasteiger partial charge in [-0.2, -0.15) is 0 Å². The van der Waals surface area contributed by atoms with Crippen LogP contribution in [0.25, 0.3) is 17.4 Å². The number of aromatic nitrogens is 1. The number of benzene rings is 2. The molecule has 1 aliphatic rings. The lowest BCUT2D eigenvalue weighted by Gasteiger charge is -2.26. The highest BCUT2D eigenvalue weighted by molar-refractivity contribution is 7.07. The van der Waals surface area contributed by atoms with Crippen LogP contribution in [0.5, 0.6) is 11.5 Å². The SMILES string of the molecule is CCOC(=O)C1=C(C)N=c2s/c(=C\c3ccc(-c4ccc(C)c([NH2+][O-])c4)o3)c(=O)n2C1c1cc(OC)ccc1OC. The molecule has 1 unspecified atom stereocenters. The highest BCUT2D eigenvalue weighted by atomic mass is 32.1. The zero-order chi connectivity index (χ0) is 29.3. The number of hydrogen-bond acceptors (Lipinski definition) is 9. The number of hydrogen-bond donors (Lipinski definition) is 1. The molecule has 0 saturated heterocycles. The number of ether oxygens (including phenoxy) is 3. The molecule has 0 aliphatic carbocycles. The highest BCUT2D eigenvalue weighted by Gasteiger charge is 2.35. The molecule has 0 radical (unpaired) electrons. The van der Waals surface area contributed by atoms with Gasteiger partial charge < -0.3 is 29.3 Å². The summed E-state index contributed by atoms with van der Waals surface area (Å²) in [6, 6.07) is 13.4. The average molecular weight is 576 g/mol. The Balaban J connectivity index is 1.66. The van der Waals surface area contributed by atoms with Gasteiger partial charge in [0.2, 0.25) is 0 Å². The molecule has 10 nitrogen and oxygen atoms in total. The molecular formula is C30H29N3O7S. The number of quaternary nitrogens is 1. The maximum absolute atomic E-state index is 13.9. The Hall–Kier alpha value is -4.45. The van der Waals surface area contributed by atoms with Crippen molar-refractivity contribution >= 4 is 29.1 Å². The maximum atomic E-state index is 13.9. The van der Waals surface area contributed by atoms with Crippen LogP contribution in [0.15, 0.2) is 74.0 Å². The zero-order valence-corrected chi connectivity index (χ0v) is 24.0. The van der Waals surface area contributed by atoms with Crippen LogP contribution in [-0.4, -0.2) is 31.4 Å². The van der Waals surface area contributed by atoms with Gasteiger partial charge in [-0.1, -0.05) is 23.5 Å². The van der Waals surface area contributed by atoms with Crippen molar-refractivity contribution in [3.63, 3.8) is 0 Å². The van der Waals surface area contributed by atoms with Gasteiger partial charge in [0.15, 0.2) is 4.80 Å². The number of carbonyl (C=O) groups excluding carboxylic acids is 1. The summed E-state index contributed by atoms with van der Waals surface area (Å²) in [6.07, 6.45) is 1.64. The molecule has 212 valence electrons. The Morgan fingerprint density at radius 3 is 2.66 bits per heavy atom. The molecule has 41 heavy (non-hydrogen) atoms. The molecule has 0 bridgehead atoms. The fraction of sp³-hybridized carbons (Fsp3) is 0.233. The first-order chi connectivity index (χ1) is 19.8. The Kier molecular flexibility index (Phi) is 7.93. The minimum Gasteiger partial charge on any atom is -0.630 e. The maximum Gasteiger partial charge on any atom is 0.338 e. The summed E-state index contributed by atoms with van der Waals surface area (Å²) in [5, 5.41) is 11.4. The van der Waals surface area contributed by atoms with E-state index in [0.717, 1.165) is 16.6 Å². The van der Waals surface area contributed by atoms with Crippen LogP contribution in [0.4, 0.5) is 5.69 Å². The summed E-state index contributed by atoms with van der Waals surface area (Å²) in [5.74, 6) is 1.46. The van der Waals surface area contributed by atoms with Gasteiger partial charge >= 0.3 is 5.97 Å². The molecule has 0 fully saturated rings. The number of thiazole rings is 1. The average Bonchev–Trinajstić information content (AvgIpc) is 3.56. The molecule has 2 aromatic heterocycles. The van der Waals surface area contributed by atoms with Crippen molar-refractivity contribution in [3.8, 4) is 22.8 Å². The second-order valence-electron chi connectivity index (χ2n) is 9.30. The third-order valence-electron chi connectivity index (χ3n) is 6.84.